The van der Waals surface area contributed by atoms with Crippen LogP contribution < -0.4 is 25.4 Å². The third-order valence-electron chi connectivity index (χ3n) is 6.89. The van der Waals surface area contributed by atoms with Gasteiger partial charge in [-0.2, -0.15) is 0 Å². The van der Waals surface area contributed by atoms with Gasteiger partial charge in [-0.25, -0.2) is 4.79 Å². The first-order chi connectivity index (χ1) is 19.7. The van der Waals surface area contributed by atoms with E-state index in [0.717, 1.165) is 18.4 Å². The van der Waals surface area contributed by atoms with Gasteiger partial charge in [0, 0.05) is 27.1 Å². The number of aliphatic hydroxyl groups is 1. The molecule has 0 radical (unpaired) electrons. The number of rotatable bonds is 18. The smallest absolute Gasteiger partial charge is 0.407 e. The second-order valence-corrected chi connectivity index (χ2v) is 11.8. The van der Waals surface area contributed by atoms with Gasteiger partial charge in [-0.15, -0.1) is 0 Å². The lowest BCUT2D eigenvalue weighted by Crippen LogP contribution is -2.49. The van der Waals surface area contributed by atoms with Gasteiger partial charge >= 0.3 is 6.09 Å². The predicted octanol–water partition coefficient (Wildman–Crippen LogP) is 3.60. The van der Waals surface area contributed by atoms with Crippen LogP contribution in [0.4, 0.5) is 4.79 Å². The van der Waals surface area contributed by atoms with E-state index < -0.39 is 29.9 Å². The molecule has 0 aliphatic heterocycles. The molecule has 0 saturated carbocycles. The summed E-state index contributed by atoms with van der Waals surface area (Å²) in [4.78, 5) is 37.2. The van der Waals surface area contributed by atoms with Crippen LogP contribution in [0.25, 0.3) is 0 Å². The van der Waals surface area contributed by atoms with Crippen molar-refractivity contribution < 1.29 is 38.4 Å². The van der Waals surface area contributed by atoms with Gasteiger partial charge in [0.05, 0.1) is 19.3 Å². The number of alkyl carbamates (subject to hydrolysis) is 1. The van der Waals surface area contributed by atoms with Crippen LogP contribution in [-0.2, 0) is 25.5 Å². The molecule has 240 valence electrons. The molecule has 0 aromatic heterocycles. The highest BCUT2D eigenvalue weighted by Gasteiger charge is 2.32. The maximum absolute atomic E-state index is 12.8. The van der Waals surface area contributed by atoms with Crippen molar-refractivity contribution in [2.24, 2.45) is 11.8 Å². The number of amides is 3. The zero-order valence-electron chi connectivity index (χ0n) is 26.9. The summed E-state index contributed by atoms with van der Waals surface area (Å²) in [5.74, 6) is 0.574. The van der Waals surface area contributed by atoms with E-state index in [1.807, 2.05) is 19.1 Å². The number of unbranched alkanes of at least 4 members (excludes halogenated alkanes) is 1. The molecule has 0 bridgehead atoms. The van der Waals surface area contributed by atoms with E-state index in [1.165, 1.54) is 21.3 Å². The fourth-order valence-electron chi connectivity index (χ4n) is 4.36. The number of carbonyl (C=O) groups is 3. The fourth-order valence-corrected chi connectivity index (χ4v) is 4.36. The van der Waals surface area contributed by atoms with Gasteiger partial charge in [0.25, 0.3) is 5.91 Å². The molecule has 0 saturated heterocycles. The van der Waals surface area contributed by atoms with Gasteiger partial charge in [0.1, 0.15) is 11.7 Å². The lowest BCUT2D eigenvalue weighted by molar-refractivity contribution is -0.133. The van der Waals surface area contributed by atoms with Crippen LogP contribution in [0.3, 0.4) is 0 Å². The zero-order valence-corrected chi connectivity index (χ0v) is 26.9. The third-order valence-corrected chi connectivity index (χ3v) is 6.89. The molecule has 0 spiro atoms. The van der Waals surface area contributed by atoms with E-state index in [0.29, 0.717) is 30.9 Å². The maximum atomic E-state index is 12.8. The first kappa shape index (κ1) is 37.0. The summed E-state index contributed by atoms with van der Waals surface area (Å²) < 4.78 is 22.0. The minimum Gasteiger partial charge on any atom is -0.493 e. The number of hydrogen-bond donors (Lipinski definition) is 4. The van der Waals surface area contributed by atoms with Crippen LogP contribution in [0.15, 0.2) is 18.2 Å². The first-order valence-electron chi connectivity index (χ1n) is 14.7. The van der Waals surface area contributed by atoms with Crippen molar-refractivity contribution in [2.75, 3.05) is 34.4 Å². The SMILES string of the molecule is CCCCNC(=O)[C@@H](C[C@H](O)[C@H](C[C@H](Cc1ccc(OC)c(OCC(=O)NC)c1)C(C)C)NC(=O)OC(C)(C)C)OC. The molecule has 1 aromatic rings. The van der Waals surface area contributed by atoms with E-state index in [4.69, 9.17) is 18.9 Å². The van der Waals surface area contributed by atoms with E-state index in [1.54, 1.807) is 26.8 Å². The number of methoxy groups -OCH3 is 2. The van der Waals surface area contributed by atoms with Crippen LogP contribution in [0.1, 0.15) is 72.8 Å². The average molecular weight is 596 g/mol. The largest absolute Gasteiger partial charge is 0.493 e. The number of likely N-dealkylation sites (N-methyl/N-ethyl adjacent to an activating group) is 1. The lowest BCUT2D eigenvalue weighted by Gasteiger charge is -2.32. The Morgan fingerprint density at radius 2 is 1.74 bits per heavy atom. The third kappa shape index (κ3) is 13.7. The summed E-state index contributed by atoms with van der Waals surface area (Å²) in [6, 6.07) is 4.84. The van der Waals surface area contributed by atoms with E-state index in [9.17, 15) is 19.5 Å². The van der Waals surface area contributed by atoms with Gasteiger partial charge in [0.2, 0.25) is 5.91 Å². The van der Waals surface area contributed by atoms with E-state index >= 15 is 0 Å². The second kappa shape index (κ2) is 18.5. The summed E-state index contributed by atoms with van der Waals surface area (Å²) in [5.41, 5.74) is 0.219. The van der Waals surface area contributed by atoms with Crippen LogP contribution in [0.2, 0.25) is 0 Å². The number of carbonyl (C=O) groups excluding carboxylic acids is 3. The van der Waals surface area contributed by atoms with Crippen LogP contribution in [-0.4, -0.2) is 81.3 Å². The van der Waals surface area contributed by atoms with Gasteiger partial charge in [-0.1, -0.05) is 33.3 Å². The molecule has 3 amide bonds. The number of hydrogen-bond acceptors (Lipinski definition) is 8. The summed E-state index contributed by atoms with van der Waals surface area (Å²) >= 11 is 0. The Bertz CT molecular complexity index is 979. The summed E-state index contributed by atoms with van der Waals surface area (Å²) in [6.07, 6.45) is 0.184. The molecule has 0 aliphatic carbocycles. The summed E-state index contributed by atoms with van der Waals surface area (Å²) in [6.45, 7) is 11.9. The van der Waals surface area contributed by atoms with Crippen molar-refractivity contribution in [3.05, 3.63) is 23.8 Å². The topological polar surface area (TPSA) is 144 Å². The molecule has 1 rings (SSSR count). The van der Waals surface area contributed by atoms with Crippen molar-refractivity contribution in [3.8, 4) is 11.5 Å². The lowest BCUT2D eigenvalue weighted by atomic mass is 9.82. The molecule has 1 aromatic carbocycles. The van der Waals surface area contributed by atoms with Crippen molar-refractivity contribution >= 4 is 17.9 Å². The Morgan fingerprint density at radius 1 is 1.05 bits per heavy atom. The van der Waals surface area contributed by atoms with Crippen LogP contribution >= 0.6 is 0 Å². The number of aliphatic hydroxyl groups excluding tert-OH is 1. The average Bonchev–Trinajstić information content (AvgIpc) is 2.92. The highest BCUT2D eigenvalue weighted by atomic mass is 16.6. The fraction of sp³-hybridized carbons (Fsp3) is 0.710. The molecule has 11 heteroatoms. The number of ether oxygens (including phenoxy) is 4. The van der Waals surface area contributed by atoms with Crippen molar-refractivity contribution in [3.63, 3.8) is 0 Å². The molecular weight excluding hydrogens is 542 g/mol. The molecule has 0 heterocycles. The van der Waals surface area contributed by atoms with E-state index in [-0.39, 0.29) is 36.7 Å². The molecule has 11 nitrogen and oxygen atoms in total. The number of nitrogens with one attached hydrogen (secondary N) is 3. The monoisotopic (exact) mass is 595 g/mol. The highest BCUT2D eigenvalue weighted by Crippen LogP contribution is 2.31. The van der Waals surface area contributed by atoms with Crippen molar-refractivity contribution in [1.29, 1.82) is 0 Å². The minimum absolute atomic E-state index is 0.000243. The predicted molar refractivity (Wildman–Crippen MR) is 162 cm³/mol. The second-order valence-electron chi connectivity index (χ2n) is 11.8. The summed E-state index contributed by atoms with van der Waals surface area (Å²) in [7, 11) is 4.50. The highest BCUT2D eigenvalue weighted by molar-refractivity contribution is 5.80. The van der Waals surface area contributed by atoms with Gasteiger partial charge in [0.15, 0.2) is 18.1 Å². The van der Waals surface area contributed by atoms with Crippen LogP contribution in [0.5, 0.6) is 11.5 Å². The Morgan fingerprint density at radius 3 is 2.29 bits per heavy atom. The molecule has 42 heavy (non-hydrogen) atoms. The summed E-state index contributed by atoms with van der Waals surface area (Å²) in [5, 5.41) is 19.5. The molecular formula is C31H53N3O8. The minimum atomic E-state index is -1.08. The Labute approximate surface area is 251 Å². The number of benzene rings is 1. The van der Waals surface area contributed by atoms with Crippen molar-refractivity contribution in [2.45, 2.75) is 97.5 Å². The van der Waals surface area contributed by atoms with Gasteiger partial charge < -0.3 is 40.0 Å². The molecule has 0 fully saturated rings. The first-order valence-corrected chi connectivity index (χ1v) is 14.7. The van der Waals surface area contributed by atoms with Gasteiger partial charge in [-0.05, 0) is 69.6 Å². The van der Waals surface area contributed by atoms with E-state index in [2.05, 4.69) is 29.8 Å². The van der Waals surface area contributed by atoms with Crippen molar-refractivity contribution in [1.82, 2.24) is 16.0 Å². The normalized spacial score (nSPS) is 14.4. The van der Waals surface area contributed by atoms with Crippen LogP contribution in [0, 0.1) is 11.8 Å². The molecule has 0 aliphatic rings. The molecule has 4 N–H and O–H groups in total. The maximum Gasteiger partial charge on any atom is 0.407 e. The van der Waals surface area contributed by atoms with Gasteiger partial charge in [-0.3, -0.25) is 9.59 Å². The Balaban J connectivity index is 3.19. The standard InChI is InChI=1S/C31H53N3O8/c1-10-11-14-33-29(37)27(40-9)18-24(35)23(34-30(38)42-31(4,5)6)17-22(20(2)3)15-21-12-13-25(39-8)26(16-21)41-19-28(36)32-7/h12-13,16,20,22-24,27,35H,10-11,14-15,17-19H2,1-9H3,(H,32,36)(H,33,37)(H,34,38)/t22-,23-,24-,27+/m0/s1. The quantitative estimate of drug-likeness (QED) is 0.189. The Kier molecular flexibility index (Phi) is 16.3. The Hall–Kier alpha value is -3.05. The zero-order chi connectivity index (χ0) is 31.9. The molecule has 0 unspecified atom stereocenters. The molecule has 4 atom stereocenters.